The maximum Gasteiger partial charge on any atom is 0.293 e. The van der Waals surface area contributed by atoms with E-state index in [2.05, 4.69) is 55.7 Å². The molecule has 0 bridgehead atoms. The molecule has 0 N–H and O–H groups in total. The van der Waals surface area contributed by atoms with Crippen molar-refractivity contribution in [2.75, 3.05) is 13.2 Å². The van der Waals surface area contributed by atoms with Crippen LogP contribution in [-0.4, -0.2) is 33.8 Å². The summed E-state index contributed by atoms with van der Waals surface area (Å²) in [5, 5.41) is -0.253. The van der Waals surface area contributed by atoms with E-state index < -0.39 is 0 Å². The number of carbonyl (C=O) groups is 2. The van der Waals surface area contributed by atoms with Gasteiger partial charge in [-0.05, 0) is 78.9 Å². The number of imide groups is 1. The van der Waals surface area contributed by atoms with E-state index in [-0.39, 0.29) is 24.3 Å². The zero-order valence-corrected chi connectivity index (χ0v) is 21.8. The van der Waals surface area contributed by atoms with Crippen molar-refractivity contribution in [1.82, 2.24) is 9.47 Å². The average Bonchev–Trinajstić information content (AvgIpc) is 3.24. The number of thioether (sulfide) groups is 1. The standard InChI is InChI=1S/C29H32N2O3S/c1-19(2)25-12-11-20(3)15-26(25)34-14-13-30-28(32)27(35-29(30)33)17-24-16-21(4)31(22(24)5)18-23-9-7-6-8-10-23/h6-12,15-17,19H,13-14,18H2,1-5H3/b27-17-. The number of hydrogen-bond acceptors (Lipinski definition) is 4. The summed E-state index contributed by atoms with van der Waals surface area (Å²) in [5.74, 6) is 0.879. The number of nitrogens with zero attached hydrogens (tertiary/aromatic N) is 2. The molecule has 0 radical (unpaired) electrons. The summed E-state index contributed by atoms with van der Waals surface area (Å²) in [6.45, 7) is 11.6. The van der Waals surface area contributed by atoms with Gasteiger partial charge in [0.05, 0.1) is 11.4 Å². The fraction of sp³-hybridized carbons (Fsp3) is 0.310. The molecule has 1 saturated heterocycles. The Bertz CT molecular complexity index is 1270. The summed E-state index contributed by atoms with van der Waals surface area (Å²) >= 11 is 0.995. The largest absolute Gasteiger partial charge is 0.491 e. The number of amides is 2. The average molecular weight is 489 g/mol. The summed E-state index contributed by atoms with van der Waals surface area (Å²) in [6.07, 6.45) is 1.84. The van der Waals surface area contributed by atoms with Crippen molar-refractivity contribution in [3.05, 3.63) is 93.1 Å². The van der Waals surface area contributed by atoms with E-state index in [9.17, 15) is 9.59 Å². The van der Waals surface area contributed by atoms with E-state index >= 15 is 0 Å². The van der Waals surface area contributed by atoms with Crippen molar-refractivity contribution in [2.45, 2.75) is 47.1 Å². The monoisotopic (exact) mass is 488 g/mol. The lowest BCUT2D eigenvalue weighted by molar-refractivity contribution is -0.123. The summed E-state index contributed by atoms with van der Waals surface area (Å²) < 4.78 is 8.24. The van der Waals surface area contributed by atoms with E-state index in [0.29, 0.717) is 10.8 Å². The van der Waals surface area contributed by atoms with Crippen LogP contribution < -0.4 is 4.74 Å². The third-order valence-electron chi connectivity index (χ3n) is 6.32. The third-order valence-corrected chi connectivity index (χ3v) is 7.23. The van der Waals surface area contributed by atoms with Gasteiger partial charge in [0, 0.05) is 17.9 Å². The first-order chi connectivity index (χ1) is 16.7. The van der Waals surface area contributed by atoms with Crippen LogP contribution in [-0.2, 0) is 11.3 Å². The minimum atomic E-state index is -0.259. The first-order valence-corrected chi connectivity index (χ1v) is 12.8. The number of aryl methyl sites for hydroxylation is 2. The highest BCUT2D eigenvalue weighted by atomic mass is 32.2. The first-order valence-electron chi connectivity index (χ1n) is 11.9. The van der Waals surface area contributed by atoms with Gasteiger partial charge in [-0.2, -0.15) is 0 Å². The number of hydrogen-bond donors (Lipinski definition) is 0. The van der Waals surface area contributed by atoms with E-state index in [1.54, 1.807) is 0 Å². The van der Waals surface area contributed by atoms with Crippen LogP contribution in [0.4, 0.5) is 4.79 Å². The van der Waals surface area contributed by atoms with E-state index in [4.69, 9.17) is 4.74 Å². The maximum atomic E-state index is 13.0. The van der Waals surface area contributed by atoms with Crippen LogP contribution in [0.1, 0.15) is 53.4 Å². The molecule has 0 unspecified atom stereocenters. The molecule has 1 aliphatic heterocycles. The molecule has 35 heavy (non-hydrogen) atoms. The number of rotatable bonds is 8. The van der Waals surface area contributed by atoms with Gasteiger partial charge >= 0.3 is 0 Å². The van der Waals surface area contributed by atoms with Crippen LogP contribution in [0, 0.1) is 20.8 Å². The summed E-state index contributed by atoms with van der Waals surface area (Å²) in [5.41, 5.74) is 6.60. The molecule has 1 aromatic heterocycles. The van der Waals surface area contributed by atoms with Gasteiger partial charge in [0.2, 0.25) is 0 Å². The molecule has 5 nitrogen and oxygen atoms in total. The molecule has 6 heteroatoms. The molecule has 2 amide bonds. The van der Waals surface area contributed by atoms with Gasteiger partial charge in [-0.15, -0.1) is 0 Å². The molecule has 182 valence electrons. The number of aromatic nitrogens is 1. The molecular weight excluding hydrogens is 456 g/mol. The molecule has 0 atom stereocenters. The molecule has 2 heterocycles. The van der Waals surface area contributed by atoms with E-state index in [0.717, 1.165) is 52.1 Å². The highest BCUT2D eigenvalue weighted by Gasteiger charge is 2.35. The minimum Gasteiger partial charge on any atom is -0.491 e. The minimum absolute atomic E-state index is 0.223. The van der Waals surface area contributed by atoms with Crippen LogP contribution in [0.3, 0.4) is 0 Å². The molecule has 0 spiro atoms. The van der Waals surface area contributed by atoms with Gasteiger partial charge in [0.25, 0.3) is 11.1 Å². The summed E-state index contributed by atoms with van der Waals surface area (Å²) in [6, 6.07) is 18.5. The number of benzene rings is 2. The Labute approximate surface area is 211 Å². The first kappa shape index (κ1) is 24.9. The van der Waals surface area contributed by atoms with Crippen molar-refractivity contribution in [3.63, 3.8) is 0 Å². The molecular formula is C29H32N2O3S. The normalized spacial score (nSPS) is 15.0. The molecule has 2 aromatic carbocycles. The van der Waals surface area contributed by atoms with E-state index in [1.807, 2.05) is 44.2 Å². The van der Waals surface area contributed by atoms with Crippen molar-refractivity contribution in [1.29, 1.82) is 0 Å². The van der Waals surface area contributed by atoms with Crippen molar-refractivity contribution in [3.8, 4) is 5.75 Å². The topological polar surface area (TPSA) is 51.5 Å². The predicted octanol–water partition coefficient (Wildman–Crippen LogP) is 6.70. The highest BCUT2D eigenvalue weighted by molar-refractivity contribution is 8.18. The fourth-order valence-corrected chi connectivity index (χ4v) is 5.16. The summed E-state index contributed by atoms with van der Waals surface area (Å²) in [7, 11) is 0. The van der Waals surface area contributed by atoms with Crippen LogP contribution in [0.5, 0.6) is 5.75 Å². The third kappa shape index (κ3) is 5.54. The fourth-order valence-electron chi connectivity index (χ4n) is 4.31. The van der Waals surface area contributed by atoms with Gasteiger partial charge in [0.15, 0.2) is 0 Å². The molecule has 1 fully saturated rings. The quantitative estimate of drug-likeness (QED) is 0.331. The molecule has 3 aromatic rings. The Hall–Kier alpha value is -3.25. The Kier molecular flexibility index (Phi) is 7.51. The van der Waals surface area contributed by atoms with Crippen molar-refractivity contribution in [2.24, 2.45) is 0 Å². The van der Waals surface area contributed by atoms with E-state index in [1.165, 1.54) is 10.5 Å². The zero-order valence-electron chi connectivity index (χ0n) is 21.0. The Morgan fingerprint density at radius 2 is 1.74 bits per heavy atom. The predicted molar refractivity (Wildman–Crippen MR) is 143 cm³/mol. The van der Waals surface area contributed by atoms with Crippen molar-refractivity contribution >= 4 is 29.0 Å². The van der Waals surface area contributed by atoms with Crippen molar-refractivity contribution < 1.29 is 14.3 Å². The Balaban J connectivity index is 1.45. The van der Waals surface area contributed by atoms with Gasteiger partial charge in [0.1, 0.15) is 12.4 Å². The van der Waals surface area contributed by atoms with Crippen LogP contribution in [0.2, 0.25) is 0 Å². The van der Waals surface area contributed by atoms with Gasteiger partial charge in [-0.1, -0.05) is 56.3 Å². The highest BCUT2D eigenvalue weighted by Crippen LogP contribution is 2.33. The maximum absolute atomic E-state index is 13.0. The number of ether oxygens (including phenoxy) is 1. The Morgan fingerprint density at radius 3 is 2.46 bits per heavy atom. The second kappa shape index (κ2) is 10.6. The van der Waals surface area contributed by atoms with Gasteiger partial charge in [-0.3, -0.25) is 14.5 Å². The SMILES string of the molecule is Cc1ccc(C(C)C)c(OCCN2C(=O)S/C(=C\c3cc(C)n(Cc4ccccc4)c3C)C2=O)c1. The lowest BCUT2D eigenvalue weighted by Crippen LogP contribution is -2.32. The molecule has 0 saturated carbocycles. The second-order valence-electron chi connectivity index (χ2n) is 9.28. The van der Waals surface area contributed by atoms with Gasteiger partial charge in [-0.25, -0.2) is 0 Å². The van der Waals surface area contributed by atoms with Crippen LogP contribution >= 0.6 is 11.8 Å². The molecule has 4 rings (SSSR count). The zero-order chi connectivity index (χ0) is 25.1. The molecule has 0 aliphatic carbocycles. The van der Waals surface area contributed by atoms with Gasteiger partial charge < -0.3 is 9.30 Å². The summed E-state index contributed by atoms with van der Waals surface area (Å²) in [4.78, 5) is 27.4. The number of carbonyl (C=O) groups excluding carboxylic acids is 2. The second-order valence-corrected chi connectivity index (χ2v) is 10.3. The van der Waals surface area contributed by atoms with Crippen LogP contribution in [0.15, 0.2) is 59.5 Å². The Morgan fingerprint density at radius 1 is 1.00 bits per heavy atom. The lowest BCUT2D eigenvalue weighted by atomic mass is 10.0. The molecule has 1 aliphatic rings. The lowest BCUT2D eigenvalue weighted by Gasteiger charge is -2.17. The smallest absolute Gasteiger partial charge is 0.293 e. The van der Waals surface area contributed by atoms with Crippen LogP contribution in [0.25, 0.3) is 6.08 Å².